The number of ether oxygens (including phenoxy) is 1. The fourth-order valence-electron chi connectivity index (χ4n) is 3.55. The van der Waals surface area contributed by atoms with Gasteiger partial charge in [-0.05, 0) is 51.4 Å². The van der Waals surface area contributed by atoms with E-state index in [-0.39, 0.29) is 12.1 Å². The number of hydrogen-bond donors (Lipinski definition) is 1. The van der Waals surface area contributed by atoms with Gasteiger partial charge in [0.15, 0.2) is 0 Å². The van der Waals surface area contributed by atoms with Crippen molar-refractivity contribution in [2.75, 3.05) is 33.2 Å². The number of likely N-dealkylation sites (tertiary alicyclic amines) is 2. The van der Waals surface area contributed by atoms with E-state index < -0.39 is 0 Å². The van der Waals surface area contributed by atoms with Gasteiger partial charge in [0, 0.05) is 12.6 Å². The second-order valence-electron chi connectivity index (χ2n) is 7.18. The van der Waals surface area contributed by atoms with Crippen molar-refractivity contribution in [3.8, 4) is 5.75 Å². The predicted octanol–water partition coefficient (Wildman–Crippen LogP) is 2.56. The molecule has 1 N–H and O–H groups in total. The molecule has 3 rings (SSSR count). The van der Waals surface area contributed by atoms with Gasteiger partial charge in [-0.3, -0.25) is 0 Å². The van der Waals surface area contributed by atoms with Gasteiger partial charge in [-0.15, -0.1) is 0 Å². The van der Waals surface area contributed by atoms with Gasteiger partial charge in [0.05, 0.1) is 13.1 Å². The molecule has 0 spiro atoms. The summed E-state index contributed by atoms with van der Waals surface area (Å²) in [5.41, 5.74) is 2.30. The van der Waals surface area contributed by atoms with Gasteiger partial charge >= 0.3 is 6.03 Å². The van der Waals surface area contributed by atoms with Crippen LogP contribution in [0.5, 0.6) is 5.75 Å². The Kier molecular flexibility index (Phi) is 5.29. The minimum Gasteiger partial charge on any atom is -0.486 e. The quantitative estimate of drug-likeness (QED) is 0.922. The smallest absolute Gasteiger partial charge is 0.317 e. The van der Waals surface area contributed by atoms with E-state index in [1.807, 2.05) is 11.0 Å². The fourth-order valence-corrected chi connectivity index (χ4v) is 3.55. The average molecular weight is 331 g/mol. The molecule has 0 bridgehead atoms. The second kappa shape index (κ2) is 7.43. The predicted molar refractivity (Wildman–Crippen MR) is 95.6 cm³/mol. The van der Waals surface area contributed by atoms with Crippen LogP contribution in [0.25, 0.3) is 0 Å². The molecule has 0 radical (unpaired) electrons. The maximum atomic E-state index is 12.2. The Balaban J connectivity index is 1.42. The summed E-state index contributed by atoms with van der Waals surface area (Å²) in [6.07, 6.45) is 3.81. The SMILES string of the molecule is Cc1cccc(C)c1OC1CN(C(=O)NC[C@@H]2CCCCN2C)C1. The molecular weight excluding hydrogens is 302 g/mol. The van der Waals surface area contributed by atoms with E-state index in [1.54, 1.807) is 0 Å². The number of urea groups is 1. The lowest BCUT2D eigenvalue weighted by Gasteiger charge is -2.40. The van der Waals surface area contributed by atoms with Gasteiger partial charge in [0.1, 0.15) is 11.9 Å². The molecule has 0 aromatic heterocycles. The molecule has 2 aliphatic rings. The molecule has 24 heavy (non-hydrogen) atoms. The van der Waals surface area contributed by atoms with E-state index in [4.69, 9.17) is 4.74 Å². The van der Waals surface area contributed by atoms with Crippen molar-refractivity contribution >= 4 is 6.03 Å². The molecule has 2 fully saturated rings. The number of carbonyl (C=O) groups excluding carboxylic acids is 1. The van der Waals surface area contributed by atoms with Crippen LogP contribution in [0.3, 0.4) is 0 Å². The summed E-state index contributed by atoms with van der Waals surface area (Å²) in [7, 11) is 2.15. The van der Waals surface area contributed by atoms with Crippen molar-refractivity contribution < 1.29 is 9.53 Å². The number of benzene rings is 1. The van der Waals surface area contributed by atoms with Gasteiger partial charge in [-0.2, -0.15) is 0 Å². The molecular formula is C19H29N3O2. The van der Waals surface area contributed by atoms with Crippen LogP contribution in [0.15, 0.2) is 18.2 Å². The van der Waals surface area contributed by atoms with Crippen LogP contribution >= 0.6 is 0 Å². The Morgan fingerprint density at radius 2 is 1.96 bits per heavy atom. The van der Waals surface area contributed by atoms with E-state index in [9.17, 15) is 4.79 Å². The summed E-state index contributed by atoms with van der Waals surface area (Å²) in [5.74, 6) is 0.964. The third-order valence-electron chi connectivity index (χ3n) is 5.24. The normalized spacial score (nSPS) is 22.1. The Hall–Kier alpha value is -1.75. The Morgan fingerprint density at radius 3 is 2.62 bits per heavy atom. The Morgan fingerprint density at radius 1 is 1.25 bits per heavy atom. The highest BCUT2D eigenvalue weighted by Crippen LogP contribution is 2.26. The van der Waals surface area contributed by atoms with Crippen LogP contribution in [-0.4, -0.2) is 61.2 Å². The number of nitrogens with one attached hydrogen (secondary N) is 1. The number of likely N-dealkylation sites (N-methyl/N-ethyl adjacent to an activating group) is 1. The van der Waals surface area contributed by atoms with Crippen LogP contribution in [-0.2, 0) is 0 Å². The molecule has 1 atom stereocenters. The Bertz CT molecular complexity index is 564. The van der Waals surface area contributed by atoms with E-state index in [1.165, 1.54) is 19.3 Å². The molecule has 2 heterocycles. The van der Waals surface area contributed by atoms with Gasteiger partial charge in [-0.1, -0.05) is 24.6 Å². The molecule has 2 saturated heterocycles. The van der Waals surface area contributed by atoms with Crippen LogP contribution in [0, 0.1) is 13.8 Å². The highest BCUT2D eigenvalue weighted by atomic mass is 16.5. The van der Waals surface area contributed by atoms with E-state index >= 15 is 0 Å². The largest absolute Gasteiger partial charge is 0.486 e. The van der Waals surface area contributed by atoms with Crippen molar-refractivity contribution in [1.29, 1.82) is 0 Å². The molecule has 0 aliphatic carbocycles. The highest BCUT2D eigenvalue weighted by Gasteiger charge is 2.33. The molecule has 2 amide bonds. The summed E-state index contributed by atoms with van der Waals surface area (Å²) >= 11 is 0. The number of carbonyl (C=O) groups is 1. The third-order valence-corrected chi connectivity index (χ3v) is 5.24. The van der Waals surface area contributed by atoms with Crippen molar-refractivity contribution in [3.05, 3.63) is 29.3 Å². The average Bonchev–Trinajstić information content (AvgIpc) is 2.51. The first-order valence-corrected chi connectivity index (χ1v) is 9.00. The van der Waals surface area contributed by atoms with Crippen molar-refractivity contribution in [2.24, 2.45) is 0 Å². The third kappa shape index (κ3) is 3.83. The molecule has 5 nitrogen and oxygen atoms in total. The zero-order valence-electron chi connectivity index (χ0n) is 15.0. The zero-order chi connectivity index (χ0) is 17.1. The minimum atomic E-state index is 0.0373. The van der Waals surface area contributed by atoms with Crippen LogP contribution in [0.4, 0.5) is 4.79 Å². The monoisotopic (exact) mass is 331 g/mol. The molecule has 1 aromatic carbocycles. The number of nitrogens with zero attached hydrogens (tertiary/aromatic N) is 2. The van der Waals surface area contributed by atoms with Gasteiger partial charge in [0.25, 0.3) is 0 Å². The number of para-hydroxylation sites is 1. The van der Waals surface area contributed by atoms with Crippen LogP contribution in [0.2, 0.25) is 0 Å². The lowest BCUT2D eigenvalue weighted by atomic mass is 10.0. The van der Waals surface area contributed by atoms with Crippen molar-refractivity contribution in [2.45, 2.75) is 45.3 Å². The lowest BCUT2D eigenvalue weighted by molar-refractivity contribution is 0.0426. The fraction of sp³-hybridized carbons (Fsp3) is 0.632. The number of amides is 2. The number of aryl methyl sites for hydroxylation is 2. The number of piperidine rings is 1. The first-order valence-electron chi connectivity index (χ1n) is 9.00. The van der Waals surface area contributed by atoms with Gasteiger partial charge < -0.3 is 19.9 Å². The summed E-state index contributed by atoms with van der Waals surface area (Å²) in [4.78, 5) is 16.4. The first kappa shape index (κ1) is 17.1. The van der Waals surface area contributed by atoms with E-state index in [0.717, 1.165) is 30.0 Å². The lowest BCUT2D eigenvalue weighted by Crippen LogP contribution is -2.60. The molecule has 1 aromatic rings. The number of rotatable bonds is 4. The molecule has 5 heteroatoms. The first-order chi connectivity index (χ1) is 11.5. The molecule has 2 aliphatic heterocycles. The summed E-state index contributed by atoms with van der Waals surface area (Å²) < 4.78 is 6.07. The van der Waals surface area contributed by atoms with Gasteiger partial charge in [-0.25, -0.2) is 4.79 Å². The van der Waals surface area contributed by atoms with E-state index in [2.05, 4.69) is 43.2 Å². The molecule has 132 valence electrons. The molecule has 0 unspecified atom stereocenters. The Labute approximate surface area is 145 Å². The summed E-state index contributed by atoms with van der Waals surface area (Å²) in [6, 6.07) is 6.68. The molecule has 0 saturated carbocycles. The number of hydrogen-bond acceptors (Lipinski definition) is 3. The summed E-state index contributed by atoms with van der Waals surface area (Å²) in [5, 5.41) is 3.08. The van der Waals surface area contributed by atoms with Crippen LogP contribution in [0.1, 0.15) is 30.4 Å². The maximum absolute atomic E-state index is 12.2. The maximum Gasteiger partial charge on any atom is 0.317 e. The van der Waals surface area contributed by atoms with E-state index in [0.29, 0.717) is 19.1 Å². The topological polar surface area (TPSA) is 44.8 Å². The van der Waals surface area contributed by atoms with Crippen molar-refractivity contribution in [1.82, 2.24) is 15.1 Å². The standard InChI is InChI=1S/C19H29N3O2/c1-14-7-6-8-15(2)18(14)24-17-12-22(13-17)19(23)20-11-16-9-4-5-10-21(16)3/h6-8,16-17H,4-5,9-13H2,1-3H3,(H,20,23)/t16-/m0/s1. The minimum absolute atomic E-state index is 0.0373. The summed E-state index contributed by atoms with van der Waals surface area (Å²) in [6.45, 7) is 7.34. The van der Waals surface area contributed by atoms with Gasteiger partial charge in [0.2, 0.25) is 0 Å². The highest BCUT2D eigenvalue weighted by molar-refractivity contribution is 5.75. The second-order valence-corrected chi connectivity index (χ2v) is 7.18. The van der Waals surface area contributed by atoms with Crippen LogP contribution < -0.4 is 10.1 Å². The zero-order valence-corrected chi connectivity index (χ0v) is 15.0. The van der Waals surface area contributed by atoms with Crippen molar-refractivity contribution in [3.63, 3.8) is 0 Å².